The molecule has 1 aliphatic heterocycles. The van der Waals surface area contributed by atoms with Gasteiger partial charge in [-0.3, -0.25) is 9.59 Å². The molecule has 3 aromatic carbocycles. The lowest BCUT2D eigenvalue weighted by Crippen LogP contribution is -2.43. The summed E-state index contributed by atoms with van der Waals surface area (Å²) in [6.07, 6.45) is 0.783. The number of anilines is 4. The van der Waals surface area contributed by atoms with Gasteiger partial charge in [-0.15, -0.1) is 0 Å². The minimum atomic E-state index is -0.105. The second kappa shape index (κ2) is 8.98. The number of benzene rings is 3. The molecule has 1 aliphatic rings. The van der Waals surface area contributed by atoms with Crippen molar-refractivity contribution < 1.29 is 9.59 Å². The van der Waals surface area contributed by atoms with Gasteiger partial charge in [-0.1, -0.05) is 18.2 Å². The number of carbonyl (C=O) groups excluding carboxylic acids is 2. The summed E-state index contributed by atoms with van der Waals surface area (Å²) in [5.74, 6) is -0.0716. The summed E-state index contributed by atoms with van der Waals surface area (Å²) in [5, 5.41) is 6.50. The van der Waals surface area contributed by atoms with E-state index in [1.54, 1.807) is 6.92 Å². The number of nitrogen functional groups attached to an aromatic ring is 1. The molecule has 0 bridgehead atoms. The topological polar surface area (TPSA) is 87.5 Å². The maximum atomic E-state index is 12.5. The van der Waals surface area contributed by atoms with Crippen LogP contribution in [0.1, 0.15) is 44.4 Å². The summed E-state index contributed by atoms with van der Waals surface area (Å²) >= 11 is 0. The molecule has 4 rings (SSSR count). The van der Waals surface area contributed by atoms with E-state index in [2.05, 4.69) is 29.7 Å². The third-order valence-corrected chi connectivity index (χ3v) is 6.15. The summed E-state index contributed by atoms with van der Waals surface area (Å²) in [7, 11) is 0. The van der Waals surface area contributed by atoms with E-state index < -0.39 is 0 Å². The Morgan fingerprint density at radius 2 is 1.73 bits per heavy atom. The molecule has 6 heteroatoms. The molecule has 2 atom stereocenters. The van der Waals surface area contributed by atoms with E-state index in [0.717, 1.165) is 51.4 Å². The summed E-state index contributed by atoms with van der Waals surface area (Å²) in [6.45, 7) is 7.19. The Labute approximate surface area is 194 Å². The van der Waals surface area contributed by atoms with Gasteiger partial charge < -0.3 is 21.3 Å². The molecule has 0 unspecified atom stereocenters. The molecule has 0 fully saturated rings. The van der Waals surface area contributed by atoms with Crippen molar-refractivity contribution in [2.45, 2.75) is 46.2 Å². The first kappa shape index (κ1) is 22.4. The van der Waals surface area contributed by atoms with Gasteiger partial charge in [-0.25, -0.2) is 0 Å². The van der Waals surface area contributed by atoms with Crippen LogP contribution in [-0.2, 0) is 9.59 Å². The lowest BCUT2D eigenvalue weighted by Gasteiger charge is -2.40. The van der Waals surface area contributed by atoms with Crippen molar-refractivity contribution in [3.8, 4) is 11.1 Å². The van der Waals surface area contributed by atoms with Gasteiger partial charge in [0, 0.05) is 42.6 Å². The number of hydrogen-bond donors (Lipinski definition) is 3. The van der Waals surface area contributed by atoms with E-state index in [1.807, 2.05) is 60.4 Å². The van der Waals surface area contributed by atoms with Gasteiger partial charge in [-0.2, -0.15) is 0 Å². The number of carbonyl (C=O) groups is 2. The monoisotopic (exact) mass is 442 g/mol. The van der Waals surface area contributed by atoms with Crippen molar-refractivity contribution in [2.24, 2.45) is 0 Å². The third kappa shape index (κ3) is 4.70. The van der Waals surface area contributed by atoms with Crippen LogP contribution in [0.5, 0.6) is 0 Å². The van der Waals surface area contributed by atoms with Crippen LogP contribution < -0.4 is 21.3 Å². The summed E-state index contributed by atoms with van der Waals surface area (Å²) < 4.78 is 0. The standard InChI is InChI=1S/C27H30N4O2/c1-16-12-23(9-10-25(16)28)30-26-13-17(2)31(19(4)33)27-11-8-21(15-24(26)27)20-6-5-7-22(14-20)29-18(3)32/h5-12,14-15,17,26,30H,13,28H2,1-4H3,(H,29,32)/t17-,26+/m0/s1. The quantitative estimate of drug-likeness (QED) is 0.466. The molecule has 3 aromatic rings. The number of nitrogens with zero attached hydrogens (tertiary/aromatic N) is 1. The molecule has 170 valence electrons. The number of nitrogens with one attached hydrogen (secondary N) is 2. The summed E-state index contributed by atoms with van der Waals surface area (Å²) in [6, 6.07) is 20.0. The highest BCUT2D eigenvalue weighted by molar-refractivity contribution is 5.94. The minimum Gasteiger partial charge on any atom is -0.399 e. The van der Waals surface area contributed by atoms with Crippen LogP contribution in [0.15, 0.2) is 60.7 Å². The molecular weight excluding hydrogens is 412 g/mol. The molecular formula is C27H30N4O2. The smallest absolute Gasteiger partial charge is 0.224 e. The van der Waals surface area contributed by atoms with E-state index >= 15 is 0 Å². The van der Waals surface area contributed by atoms with E-state index in [-0.39, 0.29) is 23.9 Å². The molecule has 33 heavy (non-hydrogen) atoms. The molecule has 2 amide bonds. The number of hydrogen-bond acceptors (Lipinski definition) is 4. The van der Waals surface area contributed by atoms with Crippen molar-refractivity contribution in [3.05, 3.63) is 71.8 Å². The van der Waals surface area contributed by atoms with Crippen molar-refractivity contribution >= 4 is 34.6 Å². The SMILES string of the molecule is CC(=O)Nc1cccc(-c2ccc3c(c2)[C@H](Nc2ccc(N)c(C)c2)C[C@H](C)N3C(C)=O)c1. The maximum absolute atomic E-state index is 12.5. The highest BCUT2D eigenvalue weighted by Crippen LogP contribution is 2.41. The Hall–Kier alpha value is -3.80. The van der Waals surface area contributed by atoms with Crippen molar-refractivity contribution in [3.63, 3.8) is 0 Å². The third-order valence-electron chi connectivity index (χ3n) is 6.15. The zero-order valence-corrected chi connectivity index (χ0v) is 19.5. The second-order valence-corrected chi connectivity index (χ2v) is 8.78. The predicted octanol–water partition coefficient (Wildman–Crippen LogP) is 5.50. The first-order chi connectivity index (χ1) is 15.7. The first-order valence-electron chi connectivity index (χ1n) is 11.2. The molecule has 0 saturated carbocycles. The highest BCUT2D eigenvalue weighted by Gasteiger charge is 2.32. The van der Waals surface area contributed by atoms with Crippen molar-refractivity contribution in [1.82, 2.24) is 0 Å². The molecule has 0 saturated heterocycles. The molecule has 0 aromatic heterocycles. The average Bonchev–Trinajstić information content (AvgIpc) is 2.75. The van der Waals surface area contributed by atoms with Gasteiger partial charge in [0.15, 0.2) is 0 Å². The van der Waals surface area contributed by atoms with E-state index in [4.69, 9.17) is 5.73 Å². The number of rotatable bonds is 4. The lowest BCUT2D eigenvalue weighted by atomic mass is 9.88. The minimum absolute atomic E-state index is 0.0333. The molecule has 0 aliphatic carbocycles. The number of fused-ring (bicyclic) bond motifs is 1. The van der Waals surface area contributed by atoms with Crippen molar-refractivity contribution in [1.29, 1.82) is 0 Å². The largest absolute Gasteiger partial charge is 0.399 e. The zero-order valence-electron chi connectivity index (χ0n) is 19.5. The lowest BCUT2D eigenvalue weighted by molar-refractivity contribution is -0.117. The van der Waals surface area contributed by atoms with Crippen LogP contribution in [0.4, 0.5) is 22.7 Å². The highest BCUT2D eigenvalue weighted by atomic mass is 16.2. The van der Waals surface area contributed by atoms with Crippen LogP contribution in [-0.4, -0.2) is 17.9 Å². The van der Waals surface area contributed by atoms with Gasteiger partial charge in [0.2, 0.25) is 11.8 Å². The van der Waals surface area contributed by atoms with Crippen molar-refractivity contribution in [2.75, 3.05) is 21.3 Å². The van der Waals surface area contributed by atoms with Crippen LogP contribution in [0, 0.1) is 6.92 Å². The normalized spacial score (nSPS) is 17.3. The Morgan fingerprint density at radius 1 is 0.970 bits per heavy atom. The fourth-order valence-electron chi connectivity index (χ4n) is 4.61. The Bertz CT molecular complexity index is 1220. The fourth-order valence-corrected chi connectivity index (χ4v) is 4.61. The summed E-state index contributed by atoms with van der Waals surface area (Å²) in [4.78, 5) is 25.8. The predicted molar refractivity (Wildman–Crippen MR) is 135 cm³/mol. The van der Waals surface area contributed by atoms with Gasteiger partial charge in [0.25, 0.3) is 0 Å². The van der Waals surface area contributed by atoms with E-state index in [0.29, 0.717) is 0 Å². The van der Waals surface area contributed by atoms with Crippen LogP contribution in [0.3, 0.4) is 0 Å². The van der Waals surface area contributed by atoms with Crippen LogP contribution in [0.25, 0.3) is 11.1 Å². The van der Waals surface area contributed by atoms with E-state index in [9.17, 15) is 9.59 Å². The maximum Gasteiger partial charge on any atom is 0.224 e. The number of amides is 2. The first-order valence-corrected chi connectivity index (χ1v) is 11.2. The summed E-state index contributed by atoms with van der Waals surface area (Å²) in [5.41, 5.74) is 13.6. The molecule has 6 nitrogen and oxygen atoms in total. The Balaban J connectivity index is 1.76. The van der Waals surface area contributed by atoms with Gasteiger partial charge in [0.1, 0.15) is 0 Å². The van der Waals surface area contributed by atoms with Crippen LogP contribution >= 0.6 is 0 Å². The fraction of sp³-hybridized carbons (Fsp3) is 0.259. The van der Waals surface area contributed by atoms with E-state index in [1.165, 1.54) is 6.92 Å². The molecule has 0 radical (unpaired) electrons. The number of aryl methyl sites for hydroxylation is 1. The Kier molecular flexibility index (Phi) is 6.09. The van der Waals surface area contributed by atoms with Gasteiger partial charge in [-0.05, 0) is 85.0 Å². The van der Waals surface area contributed by atoms with Crippen LogP contribution in [0.2, 0.25) is 0 Å². The molecule has 0 spiro atoms. The van der Waals surface area contributed by atoms with Gasteiger partial charge >= 0.3 is 0 Å². The Morgan fingerprint density at radius 3 is 2.42 bits per heavy atom. The number of nitrogens with two attached hydrogens (primary N) is 1. The van der Waals surface area contributed by atoms with Gasteiger partial charge in [0.05, 0.1) is 6.04 Å². The zero-order chi connectivity index (χ0) is 23.7. The molecule has 1 heterocycles. The molecule has 4 N–H and O–H groups in total. The second-order valence-electron chi connectivity index (χ2n) is 8.78. The average molecular weight is 443 g/mol.